The lowest BCUT2D eigenvalue weighted by molar-refractivity contribution is 0.498. The molecule has 2 heteroatoms. The van der Waals surface area contributed by atoms with Crippen molar-refractivity contribution in [3.05, 3.63) is 0 Å². The minimum Gasteiger partial charge on any atom is -0.105 e. The minimum absolute atomic E-state index is 0.165. The van der Waals surface area contributed by atoms with E-state index in [0.29, 0.717) is 5.92 Å². The zero-order valence-corrected chi connectivity index (χ0v) is 7.99. The van der Waals surface area contributed by atoms with E-state index in [1.807, 2.05) is 0 Å². The van der Waals surface area contributed by atoms with Crippen LogP contribution >= 0.6 is 23.2 Å². The van der Waals surface area contributed by atoms with Crippen molar-refractivity contribution in [2.24, 2.45) is 17.8 Å². The third-order valence-corrected chi connectivity index (χ3v) is 3.37. The largest absolute Gasteiger partial charge is 0.110 e. The zero-order valence-electron chi connectivity index (χ0n) is 6.48. The molecule has 60 valence electrons. The lowest BCUT2D eigenvalue weighted by Gasteiger charge is -2.10. The van der Waals surface area contributed by atoms with Gasteiger partial charge >= 0.3 is 0 Å². The summed E-state index contributed by atoms with van der Waals surface area (Å²) < 4.78 is 0. The maximum atomic E-state index is 5.75. The lowest BCUT2D eigenvalue weighted by atomic mass is 10.1. The minimum atomic E-state index is -0.165. The van der Waals surface area contributed by atoms with Crippen molar-refractivity contribution in [3.63, 3.8) is 0 Å². The highest BCUT2D eigenvalue weighted by molar-refractivity contribution is 6.44. The predicted molar refractivity (Wildman–Crippen MR) is 46.5 cm³/mol. The molecule has 10 heavy (non-hydrogen) atoms. The summed E-state index contributed by atoms with van der Waals surface area (Å²) in [4.78, 5) is -0.165. The molecule has 0 radical (unpaired) electrons. The van der Waals surface area contributed by atoms with Gasteiger partial charge in [0.15, 0.2) is 0 Å². The molecule has 1 rings (SSSR count). The highest BCUT2D eigenvalue weighted by Crippen LogP contribution is 2.48. The Balaban J connectivity index is 2.25. The fourth-order valence-electron chi connectivity index (χ4n) is 1.57. The van der Waals surface area contributed by atoms with Gasteiger partial charge in [-0.25, -0.2) is 0 Å². The van der Waals surface area contributed by atoms with Crippen LogP contribution in [0.2, 0.25) is 0 Å². The number of halogens is 2. The average Bonchev–Trinajstić information content (AvgIpc) is 2.64. The third-order valence-electron chi connectivity index (χ3n) is 2.57. The summed E-state index contributed by atoms with van der Waals surface area (Å²) in [5.74, 6) is 2.22. The molecule has 0 spiro atoms. The van der Waals surface area contributed by atoms with E-state index in [1.165, 1.54) is 12.8 Å². The zero-order chi connectivity index (χ0) is 7.72. The molecule has 1 aliphatic carbocycles. The average molecular weight is 181 g/mol. The van der Waals surface area contributed by atoms with E-state index in [4.69, 9.17) is 23.2 Å². The van der Waals surface area contributed by atoms with Crippen LogP contribution in [-0.2, 0) is 0 Å². The Morgan fingerprint density at radius 3 is 2.40 bits per heavy atom. The van der Waals surface area contributed by atoms with E-state index in [-0.39, 0.29) is 4.84 Å². The topological polar surface area (TPSA) is 0 Å². The smallest absolute Gasteiger partial charge is 0.105 e. The molecule has 0 N–H and O–H groups in total. The van der Waals surface area contributed by atoms with Crippen LogP contribution in [0.4, 0.5) is 0 Å². The SMILES string of the molecule is CC[C@H]1C[C@H]1[C@H](C)C(Cl)Cl. The molecule has 0 aromatic heterocycles. The van der Waals surface area contributed by atoms with E-state index < -0.39 is 0 Å². The molecule has 0 bridgehead atoms. The van der Waals surface area contributed by atoms with Crippen molar-refractivity contribution in [2.75, 3.05) is 0 Å². The maximum Gasteiger partial charge on any atom is 0.110 e. The Hall–Kier alpha value is 0.580. The van der Waals surface area contributed by atoms with Gasteiger partial charge in [-0.15, -0.1) is 23.2 Å². The van der Waals surface area contributed by atoms with Gasteiger partial charge in [0.1, 0.15) is 4.84 Å². The van der Waals surface area contributed by atoms with Crippen molar-refractivity contribution >= 4 is 23.2 Å². The molecule has 0 aromatic rings. The van der Waals surface area contributed by atoms with Crippen LogP contribution in [0.3, 0.4) is 0 Å². The fraction of sp³-hybridized carbons (Fsp3) is 1.00. The van der Waals surface area contributed by atoms with Crippen LogP contribution in [0, 0.1) is 17.8 Å². The van der Waals surface area contributed by atoms with E-state index in [1.54, 1.807) is 0 Å². The molecule has 0 unspecified atom stereocenters. The molecule has 0 aliphatic heterocycles. The summed E-state index contributed by atoms with van der Waals surface area (Å²) in [5.41, 5.74) is 0. The second kappa shape index (κ2) is 3.32. The van der Waals surface area contributed by atoms with E-state index in [2.05, 4.69) is 13.8 Å². The summed E-state index contributed by atoms with van der Waals surface area (Å²) in [6.45, 7) is 4.37. The quantitative estimate of drug-likeness (QED) is 0.584. The molecule has 0 amide bonds. The Morgan fingerprint density at radius 1 is 1.50 bits per heavy atom. The van der Waals surface area contributed by atoms with Gasteiger partial charge in [0, 0.05) is 0 Å². The number of rotatable bonds is 3. The van der Waals surface area contributed by atoms with Crippen LogP contribution in [0.25, 0.3) is 0 Å². The Labute approximate surface area is 72.9 Å². The number of hydrogen-bond donors (Lipinski definition) is 0. The van der Waals surface area contributed by atoms with E-state index in [0.717, 1.165) is 11.8 Å². The first-order chi connectivity index (χ1) is 4.66. The first-order valence-electron chi connectivity index (χ1n) is 3.95. The lowest BCUT2D eigenvalue weighted by Crippen LogP contribution is -2.07. The van der Waals surface area contributed by atoms with Crippen LogP contribution in [0.1, 0.15) is 26.7 Å². The van der Waals surface area contributed by atoms with Crippen molar-refractivity contribution in [2.45, 2.75) is 31.5 Å². The summed E-state index contributed by atoms with van der Waals surface area (Å²) in [6, 6.07) is 0. The third kappa shape index (κ3) is 1.79. The molecule has 3 atom stereocenters. The molecule has 1 aliphatic rings. The normalized spacial score (nSPS) is 34.5. The Morgan fingerprint density at radius 2 is 2.10 bits per heavy atom. The molecule has 1 fully saturated rings. The second-order valence-corrected chi connectivity index (χ2v) is 4.43. The first-order valence-corrected chi connectivity index (χ1v) is 4.82. The Bertz CT molecular complexity index is 112. The molecule has 0 nitrogen and oxygen atoms in total. The van der Waals surface area contributed by atoms with E-state index in [9.17, 15) is 0 Å². The van der Waals surface area contributed by atoms with Gasteiger partial charge in [-0.3, -0.25) is 0 Å². The van der Waals surface area contributed by atoms with Gasteiger partial charge in [0.05, 0.1) is 0 Å². The van der Waals surface area contributed by atoms with Crippen LogP contribution in [0.5, 0.6) is 0 Å². The Kier molecular flexibility index (Phi) is 2.88. The standard InChI is InChI=1S/C8H14Cl2/c1-3-6-4-7(6)5(2)8(9)10/h5-8H,3-4H2,1-2H3/t5-,6-,7-/m0/s1. The summed E-state index contributed by atoms with van der Waals surface area (Å²) >= 11 is 11.5. The molecular weight excluding hydrogens is 167 g/mol. The predicted octanol–water partition coefficient (Wildman–Crippen LogP) is 3.47. The summed E-state index contributed by atoms with van der Waals surface area (Å²) in [7, 11) is 0. The molecular formula is C8H14Cl2. The maximum absolute atomic E-state index is 5.75. The fourth-order valence-corrected chi connectivity index (χ4v) is 1.94. The highest BCUT2D eigenvalue weighted by atomic mass is 35.5. The van der Waals surface area contributed by atoms with Gasteiger partial charge < -0.3 is 0 Å². The van der Waals surface area contributed by atoms with Crippen molar-refractivity contribution in [3.8, 4) is 0 Å². The highest BCUT2D eigenvalue weighted by Gasteiger charge is 2.41. The second-order valence-electron chi connectivity index (χ2n) is 3.26. The van der Waals surface area contributed by atoms with Gasteiger partial charge in [-0.1, -0.05) is 20.3 Å². The van der Waals surface area contributed by atoms with Crippen LogP contribution in [0.15, 0.2) is 0 Å². The van der Waals surface area contributed by atoms with Gasteiger partial charge in [-0.2, -0.15) is 0 Å². The molecule has 0 aromatic carbocycles. The van der Waals surface area contributed by atoms with Gasteiger partial charge in [-0.05, 0) is 24.2 Å². The van der Waals surface area contributed by atoms with Crippen molar-refractivity contribution < 1.29 is 0 Å². The summed E-state index contributed by atoms with van der Waals surface area (Å²) in [6.07, 6.45) is 2.63. The van der Waals surface area contributed by atoms with Gasteiger partial charge in [0.2, 0.25) is 0 Å². The number of hydrogen-bond acceptors (Lipinski definition) is 0. The summed E-state index contributed by atoms with van der Waals surface area (Å²) in [5, 5.41) is 0. The van der Waals surface area contributed by atoms with E-state index >= 15 is 0 Å². The molecule has 1 saturated carbocycles. The van der Waals surface area contributed by atoms with Crippen molar-refractivity contribution in [1.29, 1.82) is 0 Å². The molecule has 0 heterocycles. The molecule has 0 saturated heterocycles. The van der Waals surface area contributed by atoms with Crippen molar-refractivity contribution in [1.82, 2.24) is 0 Å². The monoisotopic (exact) mass is 180 g/mol. The first kappa shape index (κ1) is 8.67. The van der Waals surface area contributed by atoms with Crippen LogP contribution < -0.4 is 0 Å². The number of alkyl halides is 2. The van der Waals surface area contributed by atoms with Gasteiger partial charge in [0.25, 0.3) is 0 Å². The van der Waals surface area contributed by atoms with Crippen LogP contribution in [-0.4, -0.2) is 4.84 Å².